The zero-order valence-electron chi connectivity index (χ0n) is 10.3. The fraction of sp³-hybridized carbons (Fsp3) is 0.417. The smallest absolute Gasteiger partial charge is 0.292 e. The topological polar surface area (TPSA) is 72.2 Å². The maximum atomic E-state index is 13.1. The molecule has 0 bridgehead atoms. The molecule has 1 rings (SSSR count). The van der Waals surface area contributed by atoms with Crippen molar-refractivity contribution in [2.45, 2.75) is 26.7 Å². The first-order valence-corrected chi connectivity index (χ1v) is 5.74. The highest BCUT2D eigenvalue weighted by Gasteiger charge is 2.20. The van der Waals surface area contributed by atoms with Crippen LogP contribution in [0.1, 0.15) is 26.7 Å². The Morgan fingerprint density at radius 1 is 1.44 bits per heavy atom. The molecule has 0 fully saturated rings. The minimum atomic E-state index is -0.651. The largest absolute Gasteiger partial charge is 0.320 e. The summed E-state index contributed by atoms with van der Waals surface area (Å²) >= 11 is 0. The Morgan fingerprint density at radius 3 is 2.56 bits per heavy atom. The molecule has 0 atom stereocenters. The lowest BCUT2D eigenvalue weighted by Gasteiger charge is -2.12. The Balaban J connectivity index is 2.99. The fourth-order valence-electron chi connectivity index (χ4n) is 1.66. The van der Waals surface area contributed by atoms with Gasteiger partial charge in [-0.2, -0.15) is 0 Å². The zero-order valence-corrected chi connectivity index (χ0v) is 10.3. The lowest BCUT2D eigenvalue weighted by atomic mass is 10.0. The second kappa shape index (κ2) is 6.09. The molecule has 0 aliphatic carbocycles. The van der Waals surface area contributed by atoms with E-state index in [1.54, 1.807) is 0 Å². The van der Waals surface area contributed by atoms with Gasteiger partial charge in [0, 0.05) is 18.1 Å². The molecular formula is C12H15FN2O3. The molecule has 0 radical (unpaired) electrons. The standard InChI is InChI=1S/C12H15FN2O3/c1-3-8(4-2)12(16)14-10-7-9(13)5-6-11(10)15(17)18/h5-8H,3-4H2,1-2H3,(H,14,16). The van der Waals surface area contributed by atoms with Gasteiger partial charge in [0.05, 0.1) is 4.92 Å². The molecule has 1 aromatic rings. The molecule has 0 saturated heterocycles. The average molecular weight is 254 g/mol. The summed E-state index contributed by atoms with van der Waals surface area (Å²) in [5.74, 6) is -1.18. The lowest BCUT2D eigenvalue weighted by molar-refractivity contribution is -0.384. The monoisotopic (exact) mass is 254 g/mol. The number of nitro benzene ring substituents is 1. The SMILES string of the molecule is CCC(CC)C(=O)Nc1cc(F)ccc1[N+](=O)[O-]. The van der Waals surface area contributed by atoms with Crippen LogP contribution in [0, 0.1) is 21.8 Å². The number of nitro groups is 1. The molecule has 0 heterocycles. The van der Waals surface area contributed by atoms with Gasteiger partial charge < -0.3 is 5.32 Å². The van der Waals surface area contributed by atoms with Gasteiger partial charge in [0.2, 0.25) is 5.91 Å². The van der Waals surface area contributed by atoms with E-state index in [9.17, 15) is 19.3 Å². The van der Waals surface area contributed by atoms with Crippen molar-refractivity contribution in [2.75, 3.05) is 5.32 Å². The molecule has 5 nitrogen and oxygen atoms in total. The van der Waals surface area contributed by atoms with Crippen molar-refractivity contribution in [3.05, 3.63) is 34.1 Å². The van der Waals surface area contributed by atoms with Crippen LogP contribution in [-0.2, 0) is 4.79 Å². The Kier molecular flexibility index (Phi) is 4.76. The van der Waals surface area contributed by atoms with Crippen LogP contribution in [0.5, 0.6) is 0 Å². The van der Waals surface area contributed by atoms with E-state index >= 15 is 0 Å². The predicted octanol–water partition coefficient (Wildman–Crippen LogP) is 3.11. The van der Waals surface area contributed by atoms with Crippen molar-refractivity contribution < 1.29 is 14.1 Å². The van der Waals surface area contributed by atoms with Crippen LogP contribution in [0.4, 0.5) is 15.8 Å². The van der Waals surface area contributed by atoms with E-state index in [0.29, 0.717) is 12.8 Å². The van der Waals surface area contributed by atoms with E-state index in [-0.39, 0.29) is 23.2 Å². The van der Waals surface area contributed by atoms with Crippen molar-refractivity contribution in [3.8, 4) is 0 Å². The van der Waals surface area contributed by atoms with Crippen molar-refractivity contribution in [2.24, 2.45) is 5.92 Å². The van der Waals surface area contributed by atoms with Gasteiger partial charge in [0.1, 0.15) is 11.5 Å². The van der Waals surface area contributed by atoms with Gasteiger partial charge in [-0.25, -0.2) is 4.39 Å². The molecule has 0 aromatic heterocycles. The van der Waals surface area contributed by atoms with Crippen LogP contribution in [0.25, 0.3) is 0 Å². The third-order valence-corrected chi connectivity index (χ3v) is 2.77. The van der Waals surface area contributed by atoms with Crippen molar-refractivity contribution >= 4 is 17.3 Å². The second-order valence-electron chi connectivity index (χ2n) is 3.92. The number of nitrogens with zero attached hydrogens (tertiary/aromatic N) is 1. The van der Waals surface area contributed by atoms with Gasteiger partial charge in [-0.05, 0) is 18.9 Å². The Morgan fingerprint density at radius 2 is 2.06 bits per heavy atom. The first kappa shape index (κ1) is 14.1. The summed E-state index contributed by atoms with van der Waals surface area (Å²) in [6.07, 6.45) is 1.26. The Labute approximate surface area is 104 Å². The van der Waals surface area contributed by atoms with Crippen LogP contribution >= 0.6 is 0 Å². The van der Waals surface area contributed by atoms with Gasteiger partial charge in [-0.15, -0.1) is 0 Å². The van der Waals surface area contributed by atoms with Gasteiger partial charge >= 0.3 is 0 Å². The number of carbonyl (C=O) groups excluding carboxylic acids is 1. The average Bonchev–Trinajstić information content (AvgIpc) is 2.30. The number of hydrogen-bond acceptors (Lipinski definition) is 3. The quantitative estimate of drug-likeness (QED) is 0.648. The summed E-state index contributed by atoms with van der Waals surface area (Å²) in [5.41, 5.74) is -0.410. The molecule has 1 aromatic carbocycles. The number of benzene rings is 1. The minimum absolute atomic E-state index is 0.100. The first-order valence-electron chi connectivity index (χ1n) is 5.74. The predicted molar refractivity (Wildman–Crippen MR) is 65.8 cm³/mol. The van der Waals surface area contributed by atoms with Crippen LogP contribution in [0.15, 0.2) is 18.2 Å². The first-order chi connectivity index (χ1) is 8.49. The van der Waals surface area contributed by atoms with Crippen LogP contribution in [0.2, 0.25) is 0 Å². The summed E-state index contributed by atoms with van der Waals surface area (Å²) in [5, 5.41) is 13.2. The summed E-state index contributed by atoms with van der Waals surface area (Å²) in [6.45, 7) is 3.71. The molecule has 98 valence electrons. The summed E-state index contributed by atoms with van der Waals surface area (Å²) in [4.78, 5) is 21.9. The molecule has 0 saturated carbocycles. The van der Waals surface area contributed by atoms with Gasteiger partial charge in [0.25, 0.3) is 5.69 Å². The molecule has 0 spiro atoms. The van der Waals surface area contributed by atoms with E-state index in [2.05, 4.69) is 5.32 Å². The molecule has 1 amide bonds. The summed E-state index contributed by atoms with van der Waals surface area (Å²) in [6, 6.07) is 2.99. The number of amides is 1. The molecule has 0 unspecified atom stereocenters. The van der Waals surface area contributed by atoms with Crippen LogP contribution in [0.3, 0.4) is 0 Å². The van der Waals surface area contributed by atoms with Crippen molar-refractivity contribution in [1.29, 1.82) is 0 Å². The van der Waals surface area contributed by atoms with Crippen molar-refractivity contribution in [3.63, 3.8) is 0 Å². The molecule has 6 heteroatoms. The number of carbonyl (C=O) groups is 1. The highest BCUT2D eigenvalue weighted by molar-refractivity contribution is 5.94. The number of anilines is 1. The third kappa shape index (κ3) is 3.26. The third-order valence-electron chi connectivity index (χ3n) is 2.77. The molecule has 1 N–H and O–H groups in total. The Bertz CT molecular complexity index is 459. The van der Waals surface area contributed by atoms with E-state index in [4.69, 9.17) is 0 Å². The molecular weight excluding hydrogens is 239 g/mol. The lowest BCUT2D eigenvalue weighted by Crippen LogP contribution is -2.22. The zero-order chi connectivity index (χ0) is 13.7. The minimum Gasteiger partial charge on any atom is -0.320 e. The molecule has 0 aliphatic rings. The van der Waals surface area contributed by atoms with E-state index in [1.165, 1.54) is 0 Å². The number of halogens is 1. The normalized spacial score (nSPS) is 10.4. The number of hydrogen-bond donors (Lipinski definition) is 1. The second-order valence-corrected chi connectivity index (χ2v) is 3.92. The van der Waals surface area contributed by atoms with Gasteiger partial charge in [-0.1, -0.05) is 13.8 Å². The van der Waals surface area contributed by atoms with Crippen LogP contribution < -0.4 is 5.32 Å². The van der Waals surface area contributed by atoms with Crippen LogP contribution in [-0.4, -0.2) is 10.8 Å². The van der Waals surface area contributed by atoms with Crippen molar-refractivity contribution in [1.82, 2.24) is 0 Å². The highest BCUT2D eigenvalue weighted by atomic mass is 19.1. The van der Waals surface area contributed by atoms with Gasteiger partial charge in [0.15, 0.2) is 0 Å². The van der Waals surface area contributed by atoms with E-state index in [1.807, 2.05) is 13.8 Å². The molecule has 18 heavy (non-hydrogen) atoms. The highest BCUT2D eigenvalue weighted by Crippen LogP contribution is 2.26. The number of rotatable bonds is 5. The Hall–Kier alpha value is -1.98. The van der Waals surface area contributed by atoms with E-state index in [0.717, 1.165) is 18.2 Å². The maximum absolute atomic E-state index is 13.1. The molecule has 0 aliphatic heterocycles. The number of nitrogens with one attached hydrogen (secondary N) is 1. The van der Waals surface area contributed by atoms with Gasteiger partial charge in [-0.3, -0.25) is 14.9 Å². The van der Waals surface area contributed by atoms with E-state index < -0.39 is 10.7 Å². The fourth-order valence-corrected chi connectivity index (χ4v) is 1.66. The maximum Gasteiger partial charge on any atom is 0.292 e. The summed E-state index contributed by atoms with van der Waals surface area (Å²) < 4.78 is 13.1. The summed E-state index contributed by atoms with van der Waals surface area (Å²) in [7, 11) is 0.